The number of rotatable bonds is 6. The van der Waals surface area contributed by atoms with E-state index in [0.717, 1.165) is 12.0 Å². The molecular formula is C14H21FN2O. The molecule has 1 atom stereocenters. The van der Waals surface area contributed by atoms with Crippen LogP contribution in [0.5, 0.6) is 0 Å². The Bertz CT molecular complexity index is 393. The summed E-state index contributed by atoms with van der Waals surface area (Å²) in [5.41, 5.74) is 0.840. The summed E-state index contributed by atoms with van der Waals surface area (Å²) in [6.45, 7) is 4.63. The molecule has 0 aromatic heterocycles. The number of nitrogens with one attached hydrogen (secondary N) is 2. The summed E-state index contributed by atoms with van der Waals surface area (Å²) in [6.07, 6.45) is 0.759. The van der Waals surface area contributed by atoms with E-state index in [1.807, 2.05) is 6.07 Å². The van der Waals surface area contributed by atoms with Crippen LogP contribution in [0.1, 0.15) is 25.8 Å². The highest BCUT2D eigenvalue weighted by Crippen LogP contribution is 2.07. The van der Waals surface area contributed by atoms with E-state index < -0.39 is 0 Å². The van der Waals surface area contributed by atoms with Crippen LogP contribution >= 0.6 is 0 Å². The molecule has 0 heterocycles. The van der Waals surface area contributed by atoms with Gasteiger partial charge in [0.2, 0.25) is 5.91 Å². The van der Waals surface area contributed by atoms with Crippen LogP contribution in [0.2, 0.25) is 0 Å². The molecule has 1 rings (SSSR count). The molecule has 3 nitrogen and oxygen atoms in total. The first-order valence-corrected chi connectivity index (χ1v) is 6.22. The normalized spacial score (nSPS) is 12.5. The van der Waals surface area contributed by atoms with Gasteiger partial charge in [0, 0.05) is 13.6 Å². The summed E-state index contributed by atoms with van der Waals surface area (Å²) in [5.74, 6) is 0.141. The fourth-order valence-electron chi connectivity index (χ4n) is 1.82. The van der Waals surface area contributed by atoms with Gasteiger partial charge in [-0.3, -0.25) is 4.79 Å². The molecule has 1 unspecified atom stereocenters. The molecule has 18 heavy (non-hydrogen) atoms. The molecular weight excluding hydrogens is 231 g/mol. The van der Waals surface area contributed by atoms with Crippen molar-refractivity contribution in [1.82, 2.24) is 10.6 Å². The molecule has 0 radical (unpaired) electrons. The van der Waals surface area contributed by atoms with Gasteiger partial charge in [0.25, 0.3) is 0 Å². The quantitative estimate of drug-likeness (QED) is 0.814. The Morgan fingerprint density at radius 2 is 2.11 bits per heavy atom. The van der Waals surface area contributed by atoms with E-state index >= 15 is 0 Å². The minimum atomic E-state index is -0.255. The third kappa shape index (κ3) is 4.84. The van der Waals surface area contributed by atoms with E-state index in [4.69, 9.17) is 0 Å². The summed E-state index contributed by atoms with van der Waals surface area (Å²) in [6, 6.07) is 6.16. The zero-order valence-electron chi connectivity index (χ0n) is 11.2. The minimum absolute atomic E-state index is 0.0277. The lowest BCUT2D eigenvalue weighted by atomic mass is 10.0. The minimum Gasteiger partial charge on any atom is -0.358 e. The second-order valence-corrected chi connectivity index (χ2v) is 4.81. The highest BCUT2D eigenvalue weighted by atomic mass is 19.1. The maximum absolute atomic E-state index is 13.0. The maximum atomic E-state index is 13.0. The first-order chi connectivity index (χ1) is 8.52. The van der Waals surface area contributed by atoms with Gasteiger partial charge in [-0.25, -0.2) is 4.39 Å². The van der Waals surface area contributed by atoms with E-state index in [-0.39, 0.29) is 17.8 Å². The second-order valence-electron chi connectivity index (χ2n) is 4.81. The van der Waals surface area contributed by atoms with Crippen molar-refractivity contribution in [3.8, 4) is 0 Å². The van der Waals surface area contributed by atoms with Gasteiger partial charge in [0.15, 0.2) is 0 Å². The van der Waals surface area contributed by atoms with Crippen LogP contribution in [0.15, 0.2) is 24.3 Å². The van der Waals surface area contributed by atoms with Crippen LogP contribution in [0.3, 0.4) is 0 Å². The van der Waals surface area contributed by atoms with Crippen LogP contribution in [-0.2, 0) is 11.3 Å². The fourth-order valence-corrected chi connectivity index (χ4v) is 1.82. The van der Waals surface area contributed by atoms with Crippen molar-refractivity contribution in [2.45, 2.75) is 32.9 Å². The number of benzene rings is 1. The first-order valence-electron chi connectivity index (χ1n) is 6.22. The van der Waals surface area contributed by atoms with Gasteiger partial charge in [0.1, 0.15) is 5.82 Å². The second kappa shape index (κ2) is 7.11. The van der Waals surface area contributed by atoms with Crippen LogP contribution in [-0.4, -0.2) is 19.0 Å². The molecule has 1 aromatic carbocycles. The fraction of sp³-hybridized carbons (Fsp3) is 0.500. The molecule has 4 heteroatoms. The summed E-state index contributed by atoms with van der Waals surface area (Å²) in [5, 5.41) is 5.81. The van der Waals surface area contributed by atoms with Crippen molar-refractivity contribution in [2.75, 3.05) is 7.05 Å². The van der Waals surface area contributed by atoms with Gasteiger partial charge >= 0.3 is 0 Å². The highest BCUT2D eigenvalue weighted by molar-refractivity contribution is 5.81. The lowest BCUT2D eigenvalue weighted by Gasteiger charge is -2.19. The third-order valence-corrected chi connectivity index (χ3v) is 2.71. The van der Waals surface area contributed by atoms with Crippen molar-refractivity contribution in [3.63, 3.8) is 0 Å². The summed E-state index contributed by atoms with van der Waals surface area (Å²) < 4.78 is 13.0. The van der Waals surface area contributed by atoms with Crippen LogP contribution in [0.25, 0.3) is 0 Å². The topological polar surface area (TPSA) is 41.1 Å². The smallest absolute Gasteiger partial charge is 0.236 e. The molecule has 0 saturated heterocycles. The maximum Gasteiger partial charge on any atom is 0.236 e. The Kier molecular flexibility index (Phi) is 5.78. The molecule has 0 aliphatic rings. The molecule has 0 saturated carbocycles. The number of carbonyl (C=O) groups excluding carboxylic acids is 1. The Morgan fingerprint density at radius 3 is 2.67 bits per heavy atom. The lowest BCUT2D eigenvalue weighted by Crippen LogP contribution is -2.43. The predicted molar refractivity (Wildman–Crippen MR) is 70.5 cm³/mol. The number of amides is 1. The van der Waals surface area contributed by atoms with E-state index in [1.54, 1.807) is 13.1 Å². The predicted octanol–water partition coefficient (Wildman–Crippen LogP) is 2.08. The van der Waals surface area contributed by atoms with E-state index in [2.05, 4.69) is 24.5 Å². The van der Waals surface area contributed by atoms with Gasteiger partial charge in [-0.1, -0.05) is 26.0 Å². The zero-order chi connectivity index (χ0) is 13.5. The standard InChI is InChI=1S/C14H21FN2O/c1-10(2)7-13(14(18)16-3)17-9-11-5-4-6-12(15)8-11/h4-6,8,10,13,17H,7,9H2,1-3H3,(H,16,18). The Morgan fingerprint density at radius 1 is 1.39 bits per heavy atom. The van der Waals surface area contributed by atoms with Gasteiger partial charge < -0.3 is 10.6 Å². The van der Waals surface area contributed by atoms with Gasteiger partial charge in [0.05, 0.1) is 6.04 Å². The number of hydrogen-bond donors (Lipinski definition) is 2. The monoisotopic (exact) mass is 252 g/mol. The SMILES string of the molecule is CNC(=O)C(CC(C)C)NCc1cccc(F)c1. The number of likely N-dealkylation sites (N-methyl/N-ethyl adjacent to an activating group) is 1. The van der Waals surface area contributed by atoms with Crippen molar-refractivity contribution < 1.29 is 9.18 Å². The van der Waals surface area contributed by atoms with Crippen LogP contribution < -0.4 is 10.6 Å². The first kappa shape index (κ1) is 14.6. The molecule has 0 spiro atoms. The van der Waals surface area contributed by atoms with E-state index in [1.165, 1.54) is 12.1 Å². The molecule has 0 aliphatic carbocycles. The van der Waals surface area contributed by atoms with Crippen molar-refractivity contribution >= 4 is 5.91 Å². The average molecular weight is 252 g/mol. The van der Waals surface area contributed by atoms with Crippen molar-refractivity contribution in [3.05, 3.63) is 35.6 Å². The Balaban J connectivity index is 2.58. The van der Waals surface area contributed by atoms with E-state index in [0.29, 0.717) is 12.5 Å². The largest absolute Gasteiger partial charge is 0.358 e. The Hall–Kier alpha value is -1.42. The van der Waals surface area contributed by atoms with Crippen LogP contribution in [0, 0.1) is 11.7 Å². The molecule has 0 aliphatic heterocycles. The average Bonchev–Trinajstić information content (AvgIpc) is 2.33. The molecule has 2 N–H and O–H groups in total. The summed E-state index contributed by atoms with van der Waals surface area (Å²) in [4.78, 5) is 11.7. The molecule has 0 fully saturated rings. The van der Waals surface area contributed by atoms with Gasteiger partial charge in [-0.15, -0.1) is 0 Å². The number of halogens is 1. The summed E-state index contributed by atoms with van der Waals surface area (Å²) in [7, 11) is 1.62. The van der Waals surface area contributed by atoms with E-state index in [9.17, 15) is 9.18 Å². The molecule has 1 aromatic rings. The molecule has 100 valence electrons. The number of carbonyl (C=O) groups is 1. The van der Waals surface area contributed by atoms with Crippen molar-refractivity contribution in [1.29, 1.82) is 0 Å². The zero-order valence-corrected chi connectivity index (χ0v) is 11.2. The number of hydrogen-bond acceptors (Lipinski definition) is 2. The Labute approximate surface area is 108 Å². The van der Waals surface area contributed by atoms with Crippen molar-refractivity contribution in [2.24, 2.45) is 5.92 Å². The van der Waals surface area contributed by atoms with Gasteiger partial charge in [-0.2, -0.15) is 0 Å². The van der Waals surface area contributed by atoms with Gasteiger partial charge in [-0.05, 0) is 30.0 Å². The molecule has 1 amide bonds. The molecule has 0 bridgehead atoms. The van der Waals surface area contributed by atoms with Crippen LogP contribution in [0.4, 0.5) is 4.39 Å². The highest BCUT2D eigenvalue weighted by Gasteiger charge is 2.17. The lowest BCUT2D eigenvalue weighted by molar-refractivity contribution is -0.123. The third-order valence-electron chi connectivity index (χ3n) is 2.71. The summed E-state index contributed by atoms with van der Waals surface area (Å²) >= 11 is 0.